The molecule has 0 aliphatic rings. The third-order valence-electron chi connectivity index (χ3n) is 2.50. The van der Waals surface area contributed by atoms with E-state index in [9.17, 15) is 4.79 Å². The molecule has 88 valence electrons. The first-order valence-electron chi connectivity index (χ1n) is 5.56. The van der Waals surface area contributed by atoms with Crippen molar-refractivity contribution in [3.63, 3.8) is 0 Å². The van der Waals surface area contributed by atoms with Crippen LogP contribution in [-0.2, 0) is 6.54 Å². The first-order chi connectivity index (χ1) is 7.60. The summed E-state index contributed by atoms with van der Waals surface area (Å²) in [5, 5.41) is 0. The first-order valence-corrected chi connectivity index (χ1v) is 5.56. The number of carbonyl (C=O) groups is 1. The van der Waals surface area contributed by atoms with Crippen molar-refractivity contribution in [1.29, 1.82) is 0 Å². The van der Waals surface area contributed by atoms with Crippen LogP contribution >= 0.6 is 0 Å². The van der Waals surface area contributed by atoms with Crippen LogP contribution in [0.1, 0.15) is 36.8 Å². The molecule has 0 aliphatic carbocycles. The van der Waals surface area contributed by atoms with Crippen molar-refractivity contribution in [2.24, 2.45) is 5.73 Å². The third kappa shape index (κ3) is 2.79. The first kappa shape index (κ1) is 12.6. The molecule has 0 aliphatic heterocycles. The summed E-state index contributed by atoms with van der Waals surface area (Å²) in [6, 6.07) is 3.69. The fourth-order valence-corrected chi connectivity index (χ4v) is 1.63. The van der Waals surface area contributed by atoms with Crippen LogP contribution in [0.3, 0.4) is 0 Å². The lowest BCUT2D eigenvalue weighted by molar-refractivity contribution is 0.0716. The topological polar surface area (TPSA) is 59.2 Å². The molecule has 16 heavy (non-hydrogen) atoms. The molecule has 0 saturated carbocycles. The Morgan fingerprint density at radius 1 is 1.56 bits per heavy atom. The molecule has 1 heterocycles. The van der Waals surface area contributed by atoms with Crippen LogP contribution in [0, 0.1) is 0 Å². The molecular formula is C12H19N3O. The Kier molecular flexibility index (Phi) is 4.43. The minimum atomic E-state index is 0.0367. The van der Waals surface area contributed by atoms with Gasteiger partial charge in [0.1, 0.15) is 0 Å². The van der Waals surface area contributed by atoms with Crippen molar-refractivity contribution in [2.75, 3.05) is 6.54 Å². The number of nitrogens with zero attached hydrogens (tertiary/aromatic N) is 2. The fraction of sp³-hybridized carbons (Fsp3) is 0.500. The molecule has 4 nitrogen and oxygen atoms in total. The Balaban J connectivity index is 2.94. The van der Waals surface area contributed by atoms with Gasteiger partial charge in [0.05, 0.1) is 5.69 Å². The van der Waals surface area contributed by atoms with Crippen LogP contribution in [0.4, 0.5) is 0 Å². The van der Waals surface area contributed by atoms with Gasteiger partial charge in [0.25, 0.3) is 5.91 Å². The molecule has 1 amide bonds. The summed E-state index contributed by atoms with van der Waals surface area (Å²) in [5.74, 6) is 0.0367. The number of aromatic nitrogens is 1. The van der Waals surface area contributed by atoms with E-state index in [1.165, 1.54) is 0 Å². The van der Waals surface area contributed by atoms with Crippen molar-refractivity contribution in [3.8, 4) is 0 Å². The highest BCUT2D eigenvalue weighted by molar-refractivity contribution is 5.94. The zero-order valence-corrected chi connectivity index (χ0v) is 10.1. The molecule has 0 saturated heterocycles. The van der Waals surface area contributed by atoms with Crippen LogP contribution in [-0.4, -0.2) is 28.4 Å². The van der Waals surface area contributed by atoms with Gasteiger partial charge in [-0.05, 0) is 32.9 Å². The normalized spacial score (nSPS) is 10.6. The highest BCUT2D eigenvalue weighted by atomic mass is 16.2. The van der Waals surface area contributed by atoms with E-state index in [0.717, 1.165) is 5.69 Å². The Morgan fingerprint density at radius 3 is 2.75 bits per heavy atom. The lowest BCUT2D eigenvalue weighted by Crippen LogP contribution is -2.36. The van der Waals surface area contributed by atoms with Crippen molar-refractivity contribution in [2.45, 2.75) is 33.4 Å². The number of pyridine rings is 1. The molecule has 2 N–H and O–H groups in total. The molecule has 0 spiro atoms. The second-order valence-corrected chi connectivity index (χ2v) is 3.92. The molecule has 0 aromatic carbocycles. The Hall–Kier alpha value is -1.42. The largest absolute Gasteiger partial charge is 0.336 e. The number of carbonyl (C=O) groups excluding carboxylic acids is 1. The van der Waals surface area contributed by atoms with Gasteiger partial charge < -0.3 is 10.6 Å². The maximum absolute atomic E-state index is 12.1. The Bertz CT molecular complexity index is 363. The fourth-order valence-electron chi connectivity index (χ4n) is 1.63. The third-order valence-corrected chi connectivity index (χ3v) is 2.50. The average Bonchev–Trinajstić information content (AvgIpc) is 2.29. The monoisotopic (exact) mass is 221 g/mol. The minimum Gasteiger partial charge on any atom is -0.336 e. The molecule has 0 fully saturated rings. The average molecular weight is 221 g/mol. The summed E-state index contributed by atoms with van der Waals surface area (Å²) in [6.07, 6.45) is 1.63. The summed E-state index contributed by atoms with van der Waals surface area (Å²) < 4.78 is 0. The second kappa shape index (κ2) is 5.61. The maximum Gasteiger partial charge on any atom is 0.254 e. The smallest absolute Gasteiger partial charge is 0.254 e. The lowest BCUT2D eigenvalue weighted by atomic mass is 10.1. The van der Waals surface area contributed by atoms with Crippen LogP contribution in [0.25, 0.3) is 0 Å². The van der Waals surface area contributed by atoms with Gasteiger partial charge in [0, 0.05) is 30.9 Å². The van der Waals surface area contributed by atoms with Gasteiger partial charge in [-0.2, -0.15) is 0 Å². The quantitative estimate of drug-likeness (QED) is 0.836. The predicted molar refractivity (Wildman–Crippen MR) is 64.0 cm³/mol. The van der Waals surface area contributed by atoms with Crippen LogP contribution < -0.4 is 5.73 Å². The molecule has 1 aromatic rings. The number of rotatable bonds is 4. The van der Waals surface area contributed by atoms with Crippen molar-refractivity contribution in [3.05, 3.63) is 29.6 Å². The van der Waals surface area contributed by atoms with E-state index in [0.29, 0.717) is 18.7 Å². The second-order valence-electron chi connectivity index (χ2n) is 3.92. The number of nitrogens with two attached hydrogens (primary N) is 1. The van der Waals surface area contributed by atoms with Gasteiger partial charge in [0.15, 0.2) is 0 Å². The molecule has 4 heteroatoms. The number of hydrogen-bond donors (Lipinski definition) is 1. The molecule has 0 atom stereocenters. The Labute approximate surface area is 96.5 Å². The Morgan fingerprint density at radius 2 is 2.25 bits per heavy atom. The van der Waals surface area contributed by atoms with Crippen LogP contribution in [0.5, 0.6) is 0 Å². The van der Waals surface area contributed by atoms with Crippen molar-refractivity contribution in [1.82, 2.24) is 9.88 Å². The standard InChI is InChI=1S/C12H19N3O/c1-4-15(9(2)3)12(16)10-5-6-14-11(7-10)8-13/h5-7,9H,4,8,13H2,1-3H3. The summed E-state index contributed by atoms with van der Waals surface area (Å²) in [4.78, 5) is 18.0. The highest BCUT2D eigenvalue weighted by Gasteiger charge is 2.16. The van der Waals surface area contributed by atoms with E-state index in [4.69, 9.17) is 5.73 Å². The van der Waals surface area contributed by atoms with Gasteiger partial charge in [0.2, 0.25) is 0 Å². The van der Waals surface area contributed by atoms with E-state index >= 15 is 0 Å². The van der Waals surface area contributed by atoms with E-state index < -0.39 is 0 Å². The van der Waals surface area contributed by atoms with E-state index in [1.807, 2.05) is 25.7 Å². The summed E-state index contributed by atoms with van der Waals surface area (Å²) in [5.41, 5.74) is 6.90. The summed E-state index contributed by atoms with van der Waals surface area (Å²) in [7, 11) is 0. The molecule has 1 rings (SSSR count). The summed E-state index contributed by atoms with van der Waals surface area (Å²) >= 11 is 0. The lowest BCUT2D eigenvalue weighted by Gasteiger charge is -2.25. The summed E-state index contributed by atoms with van der Waals surface area (Å²) in [6.45, 7) is 7.05. The predicted octanol–water partition coefficient (Wildman–Crippen LogP) is 1.41. The van der Waals surface area contributed by atoms with Crippen LogP contribution in [0.15, 0.2) is 18.3 Å². The molecular weight excluding hydrogens is 202 g/mol. The number of hydrogen-bond acceptors (Lipinski definition) is 3. The van der Waals surface area contributed by atoms with Crippen molar-refractivity contribution < 1.29 is 4.79 Å². The zero-order chi connectivity index (χ0) is 12.1. The van der Waals surface area contributed by atoms with Gasteiger partial charge in [-0.15, -0.1) is 0 Å². The van der Waals surface area contributed by atoms with Gasteiger partial charge >= 0.3 is 0 Å². The molecule has 1 aromatic heterocycles. The SMILES string of the molecule is CCN(C(=O)c1ccnc(CN)c1)C(C)C. The maximum atomic E-state index is 12.1. The van der Waals surface area contributed by atoms with E-state index in [-0.39, 0.29) is 11.9 Å². The zero-order valence-electron chi connectivity index (χ0n) is 10.1. The van der Waals surface area contributed by atoms with Gasteiger partial charge in [-0.25, -0.2) is 0 Å². The van der Waals surface area contributed by atoms with Crippen LogP contribution in [0.2, 0.25) is 0 Å². The van der Waals surface area contributed by atoms with Gasteiger partial charge in [-0.3, -0.25) is 9.78 Å². The molecule has 0 unspecified atom stereocenters. The molecule has 0 bridgehead atoms. The highest BCUT2D eigenvalue weighted by Crippen LogP contribution is 2.08. The van der Waals surface area contributed by atoms with E-state index in [2.05, 4.69) is 4.98 Å². The number of amides is 1. The molecule has 0 radical (unpaired) electrons. The van der Waals surface area contributed by atoms with Crippen molar-refractivity contribution >= 4 is 5.91 Å². The van der Waals surface area contributed by atoms with Gasteiger partial charge in [-0.1, -0.05) is 0 Å². The van der Waals surface area contributed by atoms with E-state index in [1.54, 1.807) is 18.3 Å². The minimum absolute atomic E-state index is 0.0367.